The Kier molecular flexibility index (Phi) is 6.98. The number of amides is 2. The number of likely N-dealkylation sites (tertiary alicyclic amines) is 1. The minimum absolute atomic E-state index is 0.00653. The van der Waals surface area contributed by atoms with Gasteiger partial charge in [0.25, 0.3) is 5.69 Å². The van der Waals surface area contributed by atoms with Crippen LogP contribution in [-0.4, -0.2) is 84.6 Å². The number of carbonyl (C=O) groups is 2. The molecule has 0 radical (unpaired) electrons. The van der Waals surface area contributed by atoms with E-state index in [1.165, 1.54) is 6.07 Å². The summed E-state index contributed by atoms with van der Waals surface area (Å²) in [4.78, 5) is 40.7. The van der Waals surface area contributed by atoms with Crippen molar-refractivity contribution in [2.45, 2.75) is 25.1 Å². The normalized spacial score (nSPS) is 20.0. The summed E-state index contributed by atoms with van der Waals surface area (Å²) >= 11 is 0. The Morgan fingerprint density at radius 1 is 1.13 bits per heavy atom. The average molecular weight is 443 g/mol. The van der Waals surface area contributed by atoms with E-state index in [-0.39, 0.29) is 18.1 Å². The molecule has 31 heavy (non-hydrogen) atoms. The number of hydrogen-bond donors (Lipinski definition) is 1. The van der Waals surface area contributed by atoms with Crippen LogP contribution in [0.4, 0.5) is 24.5 Å². The number of rotatable bonds is 6. The molecule has 3 rings (SSSR count). The number of anilines is 1. The molecular weight excluding hydrogens is 419 g/mol. The van der Waals surface area contributed by atoms with Gasteiger partial charge in [-0.3, -0.25) is 24.6 Å². The predicted octanol–water partition coefficient (Wildman–Crippen LogP) is 1.39. The molecule has 12 heteroatoms. The third-order valence-electron chi connectivity index (χ3n) is 5.52. The first-order valence-corrected chi connectivity index (χ1v) is 10.0. The van der Waals surface area contributed by atoms with Crippen molar-refractivity contribution in [2.24, 2.45) is 0 Å². The highest BCUT2D eigenvalue weighted by molar-refractivity contribution is 5.84. The molecule has 170 valence electrons. The highest BCUT2D eigenvalue weighted by atomic mass is 19.4. The fraction of sp³-hybridized carbons (Fsp3) is 0.579. The molecule has 1 aromatic rings. The van der Waals surface area contributed by atoms with Crippen molar-refractivity contribution in [1.82, 2.24) is 15.1 Å². The van der Waals surface area contributed by atoms with Gasteiger partial charge in [0.05, 0.1) is 17.5 Å². The van der Waals surface area contributed by atoms with Crippen molar-refractivity contribution in [3.63, 3.8) is 0 Å². The molecule has 1 unspecified atom stereocenters. The first kappa shape index (κ1) is 22.8. The zero-order chi connectivity index (χ0) is 22.6. The molecular formula is C19H24F3N5O4. The molecule has 1 N–H and O–H groups in total. The van der Waals surface area contributed by atoms with Crippen molar-refractivity contribution in [2.75, 3.05) is 50.7 Å². The van der Waals surface area contributed by atoms with Crippen LogP contribution in [0.1, 0.15) is 12.8 Å². The first-order chi connectivity index (χ1) is 14.7. The zero-order valence-electron chi connectivity index (χ0n) is 16.8. The van der Waals surface area contributed by atoms with Gasteiger partial charge in [0.1, 0.15) is 12.2 Å². The summed E-state index contributed by atoms with van der Waals surface area (Å²) < 4.78 is 37.0. The highest BCUT2D eigenvalue weighted by Crippen LogP contribution is 2.28. The minimum atomic E-state index is -4.48. The number of para-hydroxylation sites is 2. The van der Waals surface area contributed by atoms with E-state index >= 15 is 0 Å². The molecule has 0 aromatic heterocycles. The van der Waals surface area contributed by atoms with E-state index < -0.39 is 29.6 Å². The van der Waals surface area contributed by atoms with Crippen molar-refractivity contribution in [3.8, 4) is 0 Å². The van der Waals surface area contributed by atoms with Crippen LogP contribution in [0.15, 0.2) is 24.3 Å². The summed E-state index contributed by atoms with van der Waals surface area (Å²) in [6.45, 7) is 0.602. The molecule has 2 aliphatic heterocycles. The summed E-state index contributed by atoms with van der Waals surface area (Å²) in [6.07, 6.45) is -3.45. The number of nitro groups is 1. The minimum Gasteiger partial charge on any atom is -0.362 e. The Bertz CT molecular complexity index is 827. The summed E-state index contributed by atoms with van der Waals surface area (Å²) in [7, 11) is 0. The number of hydrogen-bond acceptors (Lipinski definition) is 6. The van der Waals surface area contributed by atoms with Crippen LogP contribution in [0.25, 0.3) is 0 Å². The summed E-state index contributed by atoms with van der Waals surface area (Å²) in [6, 6.07) is 5.67. The van der Waals surface area contributed by atoms with E-state index in [4.69, 9.17) is 0 Å². The van der Waals surface area contributed by atoms with E-state index in [1.54, 1.807) is 28.0 Å². The zero-order valence-corrected chi connectivity index (χ0v) is 16.8. The number of alkyl halides is 3. The lowest BCUT2D eigenvalue weighted by Gasteiger charge is -2.36. The van der Waals surface area contributed by atoms with E-state index in [2.05, 4.69) is 0 Å². The Morgan fingerprint density at radius 3 is 2.45 bits per heavy atom. The molecule has 1 aromatic carbocycles. The van der Waals surface area contributed by atoms with Crippen LogP contribution >= 0.6 is 0 Å². The molecule has 9 nitrogen and oxygen atoms in total. The predicted molar refractivity (Wildman–Crippen MR) is 106 cm³/mol. The van der Waals surface area contributed by atoms with Crippen LogP contribution in [-0.2, 0) is 9.59 Å². The fourth-order valence-corrected chi connectivity index (χ4v) is 3.97. The Hall–Kier alpha value is -2.89. The van der Waals surface area contributed by atoms with Crippen molar-refractivity contribution in [3.05, 3.63) is 34.4 Å². The van der Waals surface area contributed by atoms with Gasteiger partial charge in [-0.15, -0.1) is 0 Å². The first-order valence-electron chi connectivity index (χ1n) is 10.0. The van der Waals surface area contributed by atoms with Crippen LogP contribution in [0.2, 0.25) is 0 Å². The number of carbonyl (C=O) groups excluding carboxylic acids is 2. The lowest BCUT2D eigenvalue weighted by atomic mass is 10.2. The van der Waals surface area contributed by atoms with Gasteiger partial charge in [0, 0.05) is 32.2 Å². The van der Waals surface area contributed by atoms with Crippen LogP contribution in [0, 0.1) is 10.1 Å². The van der Waals surface area contributed by atoms with Crippen molar-refractivity contribution in [1.29, 1.82) is 0 Å². The lowest BCUT2D eigenvalue weighted by Crippen LogP contribution is -2.53. The van der Waals surface area contributed by atoms with Gasteiger partial charge in [0.2, 0.25) is 11.8 Å². The van der Waals surface area contributed by atoms with Gasteiger partial charge in [-0.2, -0.15) is 13.2 Å². The topological polar surface area (TPSA) is 99.0 Å². The number of piperazine rings is 1. The number of nitrogens with zero attached hydrogens (tertiary/aromatic N) is 4. The monoisotopic (exact) mass is 443 g/mol. The lowest BCUT2D eigenvalue weighted by molar-refractivity contribution is -0.384. The van der Waals surface area contributed by atoms with Crippen LogP contribution < -0.4 is 10.2 Å². The molecule has 0 aliphatic carbocycles. The van der Waals surface area contributed by atoms with E-state index in [0.29, 0.717) is 51.3 Å². The Balaban J connectivity index is 1.53. The average Bonchev–Trinajstić information content (AvgIpc) is 3.19. The van der Waals surface area contributed by atoms with Crippen LogP contribution in [0.3, 0.4) is 0 Å². The van der Waals surface area contributed by atoms with Crippen LogP contribution in [0.5, 0.6) is 0 Å². The van der Waals surface area contributed by atoms with E-state index in [1.807, 2.05) is 10.2 Å². The highest BCUT2D eigenvalue weighted by Gasteiger charge is 2.36. The van der Waals surface area contributed by atoms with Gasteiger partial charge in [0.15, 0.2) is 0 Å². The number of benzene rings is 1. The quantitative estimate of drug-likeness (QED) is 0.527. The third-order valence-corrected chi connectivity index (χ3v) is 5.52. The maximum Gasteiger partial charge on any atom is 0.405 e. The maximum atomic E-state index is 12.7. The molecule has 2 fully saturated rings. The second-order valence-corrected chi connectivity index (χ2v) is 7.58. The molecule has 1 atom stereocenters. The SMILES string of the molecule is O=C(NCC(F)(F)F)C1CCCN1CC(=O)N1CCN(c2ccccc2[N+](=O)[O-])CC1. The summed E-state index contributed by atoms with van der Waals surface area (Å²) in [5, 5.41) is 13.1. The third kappa shape index (κ3) is 5.84. The number of nitrogens with one attached hydrogen (secondary N) is 1. The van der Waals surface area contributed by atoms with E-state index in [0.717, 1.165) is 0 Å². The molecule has 2 aliphatic rings. The molecule has 0 spiro atoms. The van der Waals surface area contributed by atoms with E-state index in [9.17, 15) is 32.9 Å². The molecule has 2 heterocycles. The van der Waals surface area contributed by atoms with Gasteiger partial charge in [-0.1, -0.05) is 12.1 Å². The number of halogens is 3. The van der Waals surface area contributed by atoms with Crippen molar-refractivity contribution < 1.29 is 27.7 Å². The molecule has 0 saturated carbocycles. The molecule has 2 saturated heterocycles. The summed E-state index contributed by atoms with van der Waals surface area (Å²) in [5.41, 5.74) is 0.507. The smallest absolute Gasteiger partial charge is 0.362 e. The Morgan fingerprint density at radius 2 is 1.81 bits per heavy atom. The second-order valence-electron chi connectivity index (χ2n) is 7.58. The van der Waals surface area contributed by atoms with Gasteiger partial charge in [-0.25, -0.2) is 0 Å². The maximum absolute atomic E-state index is 12.7. The van der Waals surface area contributed by atoms with Crippen molar-refractivity contribution >= 4 is 23.2 Å². The van der Waals surface area contributed by atoms with Gasteiger partial charge < -0.3 is 15.1 Å². The standard InChI is InChI=1S/C19H24F3N5O4/c20-19(21,22)13-23-18(29)16-6-3-7-26(16)12-17(28)25-10-8-24(9-11-25)14-4-1-2-5-15(14)27(30)31/h1-2,4-5,16H,3,6-13H2,(H,23,29). The molecule has 2 amide bonds. The van der Waals surface area contributed by atoms with Gasteiger partial charge >= 0.3 is 6.18 Å². The summed E-state index contributed by atoms with van der Waals surface area (Å²) in [5.74, 6) is -0.929. The molecule has 0 bridgehead atoms. The number of nitro benzene ring substituents is 1. The largest absolute Gasteiger partial charge is 0.405 e. The second kappa shape index (κ2) is 9.50. The fourth-order valence-electron chi connectivity index (χ4n) is 3.97. The Labute approximate surface area is 176 Å². The van der Waals surface area contributed by atoms with Gasteiger partial charge in [-0.05, 0) is 25.5 Å².